The lowest BCUT2D eigenvalue weighted by Gasteiger charge is -2.00. The van der Waals surface area contributed by atoms with E-state index in [0.29, 0.717) is 0 Å². The van der Waals surface area contributed by atoms with Crippen LogP contribution < -0.4 is 5.32 Å². The second-order valence-corrected chi connectivity index (χ2v) is 4.78. The number of nitrogens with one attached hydrogen (secondary N) is 1. The third-order valence-electron chi connectivity index (χ3n) is 3.01. The minimum atomic E-state index is 0.761. The Morgan fingerprint density at radius 1 is 1.53 bits per heavy atom. The maximum Gasteiger partial charge on any atom is 0.133 e. The quantitative estimate of drug-likeness (QED) is 0.856. The van der Waals surface area contributed by atoms with Gasteiger partial charge < -0.3 is 14.4 Å². The average molecular weight is 231 g/mol. The summed E-state index contributed by atoms with van der Waals surface area (Å²) in [6, 6.07) is 4.89. The molecule has 0 radical (unpaired) electrons. The third kappa shape index (κ3) is 2.77. The van der Waals surface area contributed by atoms with Crippen LogP contribution in [0.2, 0.25) is 0 Å². The second kappa shape index (κ2) is 4.37. The fourth-order valence-electron chi connectivity index (χ4n) is 1.92. The molecule has 4 heteroatoms. The highest BCUT2D eigenvalue weighted by molar-refractivity contribution is 5.13. The van der Waals surface area contributed by atoms with E-state index in [-0.39, 0.29) is 0 Å². The Morgan fingerprint density at radius 3 is 3.12 bits per heavy atom. The molecule has 1 fully saturated rings. The number of hydrogen-bond acceptors (Lipinski definition) is 3. The predicted molar refractivity (Wildman–Crippen MR) is 64.6 cm³/mol. The van der Waals surface area contributed by atoms with Crippen LogP contribution in [0.3, 0.4) is 0 Å². The molecule has 0 saturated heterocycles. The lowest BCUT2D eigenvalue weighted by Crippen LogP contribution is -2.14. The van der Waals surface area contributed by atoms with E-state index in [0.717, 1.165) is 30.6 Å². The van der Waals surface area contributed by atoms with Crippen molar-refractivity contribution in [2.24, 2.45) is 0 Å². The molecule has 0 unspecified atom stereocenters. The smallest absolute Gasteiger partial charge is 0.133 e. The molecule has 17 heavy (non-hydrogen) atoms. The summed E-state index contributed by atoms with van der Waals surface area (Å²) >= 11 is 0. The minimum Gasteiger partial charge on any atom is -0.361 e. The van der Waals surface area contributed by atoms with E-state index in [2.05, 4.69) is 33.5 Å². The number of aryl methyl sites for hydroxylation is 1. The fourth-order valence-corrected chi connectivity index (χ4v) is 1.92. The van der Waals surface area contributed by atoms with Gasteiger partial charge in [0.25, 0.3) is 0 Å². The molecule has 0 amide bonds. The summed E-state index contributed by atoms with van der Waals surface area (Å²) in [6.07, 6.45) is 6.92. The summed E-state index contributed by atoms with van der Waals surface area (Å²) in [5.41, 5.74) is 2.30. The Kier molecular flexibility index (Phi) is 2.73. The lowest BCUT2D eigenvalue weighted by atomic mass is 10.3. The number of rotatable bonds is 5. The van der Waals surface area contributed by atoms with Crippen LogP contribution in [-0.4, -0.2) is 15.8 Å². The van der Waals surface area contributed by atoms with E-state index < -0.39 is 0 Å². The van der Waals surface area contributed by atoms with Gasteiger partial charge >= 0.3 is 0 Å². The first-order valence-corrected chi connectivity index (χ1v) is 6.10. The van der Waals surface area contributed by atoms with Crippen molar-refractivity contribution in [1.82, 2.24) is 15.0 Å². The maximum atomic E-state index is 5.06. The molecule has 3 rings (SSSR count). The summed E-state index contributed by atoms with van der Waals surface area (Å²) in [5.74, 6) is 0.864. The van der Waals surface area contributed by atoms with Crippen molar-refractivity contribution >= 4 is 0 Å². The zero-order chi connectivity index (χ0) is 11.7. The third-order valence-corrected chi connectivity index (χ3v) is 3.01. The first-order chi connectivity index (χ1) is 8.29. The Labute approximate surface area is 101 Å². The van der Waals surface area contributed by atoms with Crippen molar-refractivity contribution in [3.63, 3.8) is 0 Å². The maximum absolute atomic E-state index is 5.06. The molecule has 2 heterocycles. The average Bonchev–Trinajstić information content (AvgIpc) is 2.90. The highest BCUT2D eigenvalue weighted by Gasteiger charge is 2.19. The molecule has 1 aliphatic rings. The highest BCUT2D eigenvalue weighted by Crippen LogP contribution is 2.19. The van der Waals surface area contributed by atoms with E-state index in [9.17, 15) is 0 Å². The van der Waals surface area contributed by atoms with Gasteiger partial charge in [-0.05, 0) is 31.4 Å². The van der Waals surface area contributed by atoms with Crippen molar-refractivity contribution in [3.8, 4) is 0 Å². The van der Waals surface area contributed by atoms with Crippen LogP contribution in [0.25, 0.3) is 0 Å². The van der Waals surface area contributed by atoms with Crippen LogP contribution in [0, 0.1) is 6.92 Å². The Morgan fingerprint density at radius 2 is 2.41 bits per heavy atom. The van der Waals surface area contributed by atoms with Crippen LogP contribution in [0.15, 0.2) is 29.0 Å². The van der Waals surface area contributed by atoms with Gasteiger partial charge in [-0.1, -0.05) is 5.16 Å². The molecule has 1 aliphatic carbocycles. The van der Waals surface area contributed by atoms with E-state index in [4.69, 9.17) is 4.52 Å². The Balaban J connectivity index is 1.59. The lowest BCUT2D eigenvalue weighted by molar-refractivity contribution is 0.389. The van der Waals surface area contributed by atoms with Crippen LogP contribution in [0.5, 0.6) is 0 Å². The van der Waals surface area contributed by atoms with Gasteiger partial charge in [0.1, 0.15) is 11.5 Å². The van der Waals surface area contributed by atoms with Crippen molar-refractivity contribution in [2.45, 2.75) is 38.9 Å². The van der Waals surface area contributed by atoms with Crippen LogP contribution >= 0.6 is 0 Å². The van der Waals surface area contributed by atoms with Gasteiger partial charge in [0.05, 0.1) is 6.54 Å². The SMILES string of the molecule is Cc1cc(Cn2ccc(CNC3CC3)c2)no1. The number of nitrogens with zero attached hydrogens (tertiary/aromatic N) is 2. The molecular formula is C13H17N3O. The highest BCUT2D eigenvalue weighted by atomic mass is 16.5. The van der Waals surface area contributed by atoms with E-state index in [1.54, 1.807) is 0 Å². The van der Waals surface area contributed by atoms with E-state index in [1.165, 1.54) is 18.4 Å². The number of hydrogen-bond donors (Lipinski definition) is 1. The Hall–Kier alpha value is -1.55. The summed E-state index contributed by atoms with van der Waals surface area (Å²) in [7, 11) is 0. The first-order valence-electron chi connectivity index (χ1n) is 6.10. The number of aromatic nitrogens is 2. The first kappa shape index (κ1) is 10.6. The van der Waals surface area contributed by atoms with Gasteiger partial charge in [-0.25, -0.2) is 0 Å². The molecule has 1 saturated carbocycles. The normalized spacial score (nSPS) is 15.4. The molecule has 1 N–H and O–H groups in total. The molecule has 4 nitrogen and oxygen atoms in total. The molecule has 0 atom stereocenters. The molecule has 0 bridgehead atoms. The van der Waals surface area contributed by atoms with Crippen LogP contribution in [-0.2, 0) is 13.1 Å². The summed E-state index contributed by atoms with van der Waals surface area (Å²) < 4.78 is 7.20. The topological polar surface area (TPSA) is 43.0 Å². The van der Waals surface area contributed by atoms with Crippen molar-refractivity contribution in [2.75, 3.05) is 0 Å². The van der Waals surface area contributed by atoms with Crippen molar-refractivity contribution < 1.29 is 4.52 Å². The van der Waals surface area contributed by atoms with E-state index >= 15 is 0 Å². The molecule has 0 spiro atoms. The second-order valence-electron chi connectivity index (χ2n) is 4.78. The van der Waals surface area contributed by atoms with Gasteiger partial charge in [0, 0.05) is 31.0 Å². The minimum absolute atomic E-state index is 0.761. The largest absolute Gasteiger partial charge is 0.361 e. The Bertz CT molecular complexity index is 496. The standard InChI is InChI=1S/C13H17N3O/c1-10-6-13(15-17-10)9-16-5-4-11(8-16)7-14-12-2-3-12/h4-6,8,12,14H,2-3,7,9H2,1H3. The van der Waals surface area contributed by atoms with Gasteiger partial charge in [0.2, 0.25) is 0 Å². The zero-order valence-electron chi connectivity index (χ0n) is 10.0. The summed E-state index contributed by atoms with van der Waals surface area (Å²) in [5, 5.41) is 7.50. The van der Waals surface area contributed by atoms with Crippen molar-refractivity contribution in [3.05, 3.63) is 41.5 Å². The summed E-state index contributed by atoms with van der Waals surface area (Å²) in [4.78, 5) is 0. The van der Waals surface area contributed by atoms with Crippen molar-refractivity contribution in [1.29, 1.82) is 0 Å². The molecule has 0 aliphatic heterocycles. The molecule has 2 aromatic heterocycles. The van der Waals surface area contributed by atoms with Gasteiger partial charge in [-0.3, -0.25) is 0 Å². The molecular weight excluding hydrogens is 214 g/mol. The summed E-state index contributed by atoms with van der Waals surface area (Å²) in [6.45, 7) is 3.66. The monoisotopic (exact) mass is 231 g/mol. The van der Waals surface area contributed by atoms with Gasteiger partial charge in [-0.2, -0.15) is 0 Å². The molecule has 90 valence electrons. The zero-order valence-corrected chi connectivity index (χ0v) is 10.0. The van der Waals surface area contributed by atoms with Gasteiger partial charge in [-0.15, -0.1) is 0 Å². The van der Waals surface area contributed by atoms with E-state index in [1.807, 2.05) is 13.0 Å². The van der Waals surface area contributed by atoms with Gasteiger partial charge in [0.15, 0.2) is 0 Å². The van der Waals surface area contributed by atoms with Crippen LogP contribution in [0.4, 0.5) is 0 Å². The molecule has 2 aromatic rings. The fraction of sp³-hybridized carbons (Fsp3) is 0.462. The molecule has 0 aromatic carbocycles. The van der Waals surface area contributed by atoms with Crippen LogP contribution in [0.1, 0.15) is 29.9 Å². The predicted octanol–water partition coefficient (Wildman–Crippen LogP) is 2.08.